The molecule has 14 heavy (non-hydrogen) atoms. The van der Waals surface area contributed by atoms with Gasteiger partial charge in [-0.15, -0.1) is 10.2 Å². The summed E-state index contributed by atoms with van der Waals surface area (Å²) < 4.78 is 5.30. The summed E-state index contributed by atoms with van der Waals surface area (Å²) in [5, 5.41) is 16.1. The van der Waals surface area contributed by atoms with Gasteiger partial charge in [-0.1, -0.05) is 0 Å². The van der Waals surface area contributed by atoms with Crippen molar-refractivity contribution < 1.29 is 14.3 Å². The Hall–Kier alpha value is -1.39. The highest BCUT2D eigenvalue weighted by molar-refractivity contribution is 5.66. The fraction of sp³-hybridized carbons (Fsp3) is 0.667. The Kier molecular flexibility index (Phi) is 2.47. The summed E-state index contributed by atoms with van der Waals surface area (Å²) in [6.45, 7) is 0. The summed E-state index contributed by atoms with van der Waals surface area (Å²) >= 11 is 0. The highest BCUT2D eigenvalue weighted by Crippen LogP contribution is 2.32. The zero-order valence-corrected chi connectivity index (χ0v) is 7.77. The van der Waals surface area contributed by atoms with Crippen molar-refractivity contribution in [2.24, 2.45) is 5.92 Å². The Labute approximate surface area is 81.1 Å². The lowest BCUT2D eigenvalue weighted by molar-refractivity contribution is -0.137. The van der Waals surface area contributed by atoms with Crippen LogP contribution >= 0.6 is 0 Å². The predicted octanol–water partition coefficient (Wildman–Crippen LogP) is 1.04. The van der Waals surface area contributed by atoms with E-state index >= 15 is 0 Å². The van der Waals surface area contributed by atoms with E-state index in [1.807, 2.05) is 0 Å². The molecule has 0 unspecified atom stereocenters. The van der Waals surface area contributed by atoms with Gasteiger partial charge in [-0.2, -0.15) is 0 Å². The van der Waals surface area contributed by atoms with Gasteiger partial charge in [-0.3, -0.25) is 4.79 Å². The minimum atomic E-state index is -0.841. The van der Waals surface area contributed by atoms with Crippen molar-refractivity contribution in [1.82, 2.24) is 10.2 Å². The van der Waals surface area contributed by atoms with Crippen LogP contribution < -0.4 is 0 Å². The molecule has 0 amide bonds. The van der Waals surface area contributed by atoms with Crippen molar-refractivity contribution in [3.05, 3.63) is 11.8 Å². The zero-order chi connectivity index (χ0) is 9.97. The third-order valence-electron chi connectivity index (χ3n) is 2.22. The van der Waals surface area contributed by atoms with E-state index in [9.17, 15) is 4.79 Å². The Morgan fingerprint density at radius 3 is 2.79 bits per heavy atom. The van der Waals surface area contributed by atoms with Crippen LogP contribution in [0.1, 0.15) is 31.0 Å². The SMILES string of the molecule is O=C(O)CCc1nnc(CC2CC2)o1. The Morgan fingerprint density at radius 1 is 1.43 bits per heavy atom. The third-order valence-corrected chi connectivity index (χ3v) is 2.22. The molecule has 76 valence electrons. The Balaban J connectivity index is 1.85. The van der Waals surface area contributed by atoms with Crippen LogP contribution in [0.3, 0.4) is 0 Å². The Bertz CT molecular complexity index is 331. The maximum Gasteiger partial charge on any atom is 0.303 e. The second-order valence-corrected chi connectivity index (χ2v) is 3.63. The first-order valence-corrected chi connectivity index (χ1v) is 4.77. The van der Waals surface area contributed by atoms with Crippen LogP contribution in [0.15, 0.2) is 4.42 Å². The molecule has 0 aromatic carbocycles. The number of carbonyl (C=O) groups is 1. The van der Waals surface area contributed by atoms with Gasteiger partial charge in [-0.05, 0) is 18.8 Å². The van der Waals surface area contributed by atoms with Crippen LogP contribution in [0.25, 0.3) is 0 Å². The van der Waals surface area contributed by atoms with E-state index in [4.69, 9.17) is 9.52 Å². The number of nitrogens with zero attached hydrogens (tertiary/aromatic N) is 2. The van der Waals surface area contributed by atoms with Crippen LogP contribution in [0.4, 0.5) is 0 Å². The van der Waals surface area contributed by atoms with E-state index in [2.05, 4.69) is 10.2 Å². The van der Waals surface area contributed by atoms with E-state index in [0.29, 0.717) is 24.1 Å². The average Bonchev–Trinajstić information content (AvgIpc) is 2.81. The van der Waals surface area contributed by atoms with Crippen molar-refractivity contribution in [3.8, 4) is 0 Å². The van der Waals surface area contributed by atoms with Crippen LogP contribution in [-0.4, -0.2) is 21.3 Å². The minimum Gasteiger partial charge on any atom is -0.481 e. The topological polar surface area (TPSA) is 76.2 Å². The lowest BCUT2D eigenvalue weighted by Crippen LogP contribution is -1.97. The second-order valence-electron chi connectivity index (χ2n) is 3.63. The number of aromatic nitrogens is 2. The minimum absolute atomic E-state index is 0.0467. The molecule has 1 N–H and O–H groups in total. The number of aliphatic carboxylic acids is 1. The van der Waals surface area contributed by atoms with Crippen LogP contribution in [0.5, 0.6) is 0 Å². The monoisotopic (exact) mass is 196 g/mol. The van der Waals surface area contributed by atoms with E-state index < -0.39 is 5.97 Å². The standard InChI is InChI=1S/C9H12N2O3/c12-9(13)4-3-7-10-11-8(14-7)5-6-1-2-6/h6H,1-5H2,(H,12,13). The molecule has 5 heteroatoms. The van der Waals surface area contributed by atoms with Crippen molar-refractivity contribution >= 4 is 5.97 Å². The van der Waals surface area contributed by atoms with Crippen LogP contribution in [-0.2, 0) is 17.6 Å². The van der Waals surface area contributed by atoms with Crippen LogP contribution in [0, 0.1) is 5.92 Å². The van der Waals surface area contributed by atoms with E-state index in [-0.39, 0.29) is 6.42 Å². The highest BCUT2D eigenvalue weighted by Gasteiger charge is 2.24. The van der Waals surface area contributed by atoms with Gasteiger partial charge in [0.05, 0.1) is 6.42 Å². The van der Waals surface area contributed by atoms with E-state index in [0.717, 1.165) is 6.42 Å². The molecule has 5 nitrogen and oxygen atoms in total. The van der Waals surface area contributed by atoms with Gasteiger partial charge in [0.1, 0.15) is 0 Å². The van der Waals surface area contributed by atoms with Crippen molar-refractivity contribution in [2.75, 3.05) is 0 Å². The molecule has 1 fully saturated rings. The summed E-state index contributed by atoms with van der Waals surface area (Å²) in [5.74, 6) is 0.950. The third kappa shape index (κ3) is 2.55. The number of hydrogen-bond donors (Lipinski definition) is 1. The molecule has 1 heterocycles. The van der Waals surface area contributed by atoms with Gasteiger partial charge in [0, 0.05) is 12.8 Å². The quantitative estimate of drug-likeness (QED) is 0.761. The fourth-order valence-electron chi connectivity index (χ4n) is 1.25. The Morgan fingerprint density at radius 2 is 2.14 bits per heavy atom. The van der Waals surface area contributed by atoms with Gasteiger partial charge in [0.2, 0.25) is 11.8 Å². The molecule has 1 aliphatic carbocycles. The largest absolute Gasteiger partial charge is 0.481 e. The zero-order valence-electron chi connectivity index (χ0n) is 7.77. The summed E-state index contributed by atoms with van der Waals surface area (Å²) in [4.78, 5) is 10.3. The number of carboxylic acids is 1. The molecule has 0 aliphatic heterocycles. The van der Waals surface area contributed by atoms with E-state index in [1.165, 1.54) is 12.8 Å². The van der Waals surface area contributed by atoms with Crippen molar-refractivity contribution in [2.45, 2.75) is 32.1 Å². The normalized spacial score (nSPS) is 15.7. The summed E-state index contributed by atoms with van der Waals surface area (Å²) in [7, 11) is 0. The van der Waals surface area contributed by atoms with Gasteiger partial charge in [0.15, 0.2) is 0 Å². The van der Waals surface area contributed by atoms with Crippen LogP contribution in [0.2, 0.25) is 0 Å². The fourth-order valence-corrected chi connectivity index (χ4v) is 1.25. The predicted molar refractivity (Wildman–Crippen MR) is 46.7 cm³/mol. The molecule has 0 radical (unpaired) electrons. The maximum atomic E-state index is 10.3. The number of hydrogen-bond acceptors (Lipinski definition) is 4. The van der Waals surface area contributed by atoms with Gasteiger partial charge < -0.3 is 9.52 Å². The molecular weight excluding hydrogens is 184 g/mol. The number of rotatable bonds is 5. The first-order valence-electron chi connectivity index (χ1n) is 4.77. The summed E-state index contributed by atoms with van der Waals surface area (Å²) in [6, 6.07) is 0. The number of aryl methyl sites for hydroxylation is 1. The maximum absolute atomic E-state index is 10.3. The van der Waals surface area contributed by atoms with Gasteiger partial charge in [0.25, 0.3) is 0 Å². The summed E-state index contributed by atoms with van der Waals surface area (Å²) in [5.41, 5.74) is 0. The first kappa shape index (κ1) is 9.18. The molecule has 0 bridgehead atoms. The first-order chi connectivity index (χ1) is 6.74. The molecule has 1 saturated carbocycles. The van der Waals surface area contributed by atoms with Gasteiger partial charge in [-0.25, -0.2) is 0 Å². The molecule has 1 aromatic heterocycles. The smallest absolute Gasteiger partial charge is 0.303 e. The lowest BCUT2D eigenvalue weighted by Gasteiger charge is -1.90. The lowest BCUT2D eigenvalue weighted by atomic mass is 10.3. The van der Waals surface area contributed by atoms with E-state index in [1.54, 1.807) is 0 Å². The molecule has 1 aliphatic rings. The highest BCUT2D eigenvalue weighted by atomic mass is 16.4. The molecule has 0 spiro atoms. The molecule has 1 aromatic rings. The average molecular weight is 196 g/mol. The number of carboxylic acid groups (broad SMARTS) is 1. The molecule has 0 atom stereocenters. The molecule has 2 rings (SSSR count). The molecular formula is C9H12N2O3. The van der Waals surface area contributed by atoms with Crippen molar-refractivity contribution in [3.63, 3.8) is 0 Å². The van der Waals surface area contributed by atoms with Crippen molar-refractivity contribution in [1.29, 1.82) is 0 Å². The summed E-state index contributed by atoms with van der Waals surface area (Å²) in [6.07, 6.45) is 3.71. The van der Waals surface area contributed by atoms with Gasteiger partial charge >= 0.3 is 5.97 Å². The molecule has 0 saturated heterocycles. The second kappa shape index (κ2) is 3.77.